The first-order valence-electron chi connectivity index (χ1n) is 27.7. The minimum Gasteiger partial charge on any atom is -0.394 e. The number of hydrogen-bond acceptors (Lipinski definition) is 13. The predicted molar refractivity (Wildman–Crippen MR) is 270 cm³/mol. The van der Waals surface area contributed by atoms with Gasteiger partial charge < -0.3 is 64.2 Å². The zero-order valence-electron chi connectivity index (χ0n) is 44.9. The molecule has 2 rings (SSSR count). The lowest BCUT2D eigenvalue weighted by Crippen LogP contribution is -2.61. The van der Waals surface area contributed by atoms with Crippen molar-refractivity contribution >= 4 is 0 Å². The van der Waals surface area contributed by atoms with E-state index in [-0.39, 0.29) is 13.2 Å². The van der Waals surface area contributed by atoms with Gasteiger partial charge in [0.05, 0.1) is 26.4 Å². The van der Waals surface area contributed by atoms with E-state index in [0.717, 1.165) is 54.8 Å². The minimum atomic E-state index is -1.65. The van der Waals surface area contributed by atoms with Crippen LogP contribution in [0.2, 0.25) is 0 Å². The molecular formula is C55H108O13. The Morgan fingerprint density at radius 1 is 0.382 bits per heavy atom. The van der Waals surface area contributed by atoms with Gasteiger partial charge in [0, 0.05) is 13.2 Å². The van der Waals surface area contributed by atoms with E-state index in [9.17, 15) is 35.7 Å². The van der Waals surface area contributed by atoms with Gasteiger partial charge in [-0.1, -0.05) is 185 Å². The maximum absolute atomic E-state index is 10.9. The Hall–Kier alpha value is -0.520. The molecule has 0 aliphatic carbocycles. The molecule has 0 bridgehead atoms. The molecule has 0 aromatic heterocycles. The van der Waals surface area contributed by atoms with E-state index in [0.29, 0.717) is 25.0 Å². The first-order valence-corrected chi connectivity index (χ1v) is 27.7. The Morgan fingerprint density at radius 2 is 0.735 bits per heavy atom. The van der Waals surface area contributed by atoms with Gasteiger partial charge in [0.1, 0.15) is 54.9 Å². The zero-order chi connectivity index (χ0) is 50.6. The maximum Gasteiger partial charge on any atom is 0.186 e. The van der Waals surface area contributed by atoms with Crippen LogP contribution < -0.4 is 0 Å². The second-order valence-corrected chi connectivity index (χ2v) is 23.0. The predicted octanol–water partition coefficient (Wildman–Crippen LogP) is 8.96. The highest BCUT2D eigenvalue weighted by Gasteiger charge is 2.47. The summed E-state index contributed by atoms with van der Waals surface area (Å²) in [4.78, 5) is 0. The first kappa shape index (κ1) is 63.6. The Kier molecular flexibility index (Phi) is 34.1. The summed E-state index contributed by atoms with van der Waals surface area (Å²) >= 11 is 0. The summed E-state index contributed by atoms with van der Waals surface area (Å²) in [5, 5.41) is 72.7. The topological polar surface area (TPSA) is 197 Å². The fourth-order valence-electron chi connectivity index (χ4n) is 9.74. The van der Waals surface area contributed by atoms with E-state index in [1.807, 2.05) is 0 Å². The summed E-state index contributed by atoms with van der Waals surface area (Å²) in [6.07, 6.45) is 9.68. The highest BCUT2D eigenvalue weighted by Crippen LogP contribution is 2.28. The summed E-state index contributed by atoms with van der Waals surface area (Å²) < 4.78 is 35.5. The molecule has 13 heteroatoms. The summed E-state index contributed by atoms with van der Waals surface area (Å²) in [5.74, 6) is 5.74. The van der Waals surface area contributed by atoms with Crippen LogP contribution in [0.15, 0.2) is 0 Å². The lowest BCUT2D eigenvalue weighted by Gasteiger charge is -2.42. The highest BCUT2D eigenvalue weighted by molar-refractivity contribution is 4.92. The van der Waals surface area contributed by atoms with Crippen LogP contribution in [-0.4, -0.2) is 143 Å². The zero-order valence-corrected chi connectivity index (χ0v) is 44.9. The number of aliphatic hydroxyl groups excluding tert-OH is 7. The molecule has 0 radical (unpaired) electrons. The molecule has 0 aromatic carbocycles. The van der Waals surface area contributed by atoms with Crippen molar-refractivity contribution in [1.29, 1.82) is 0 Å². The molecule has 68 heavy (non-hydrogen) atoms. The molecule has 2 heterocycles. The molecule has 0 aromatic rings. The third-order valence-corrected chi connectivity index (χ3v) is 14.9. The molecule has 13 nitrogen and oxygen atoms in total. The summed E-state index contributed by atoms with van der Waals surface area (Å²) in [6.45, 7) is 23.7. The van der Waals surface area contributed by atoms with Gasteiger partial charge in [0.2, 0.25) is 0 Å². The van der Waals surface area contributed by atoms with Crippen molar-refractivity contribution in [3.8, 4) is 0 Å². The van der Waals surface area contributed by atoms with Crippen LogP contribution >= 0.6 is 0 Å². The van der Waals surface area contributed by atoms with Crippen LogP contribution in [0, 0.1) is 47.3 Å². The Balaban J connectivity index is 1.86. The van der Waals surface area contributed by atoms with Crippen LogP contribution in [-0.2, 0) is 28.4 Å². The normalized spacial score (nSPS) is 29.0. The number of rotatable bonds is 40. The van der Waals surface area contributed by atoms with Gasteiger partial charge in [-0.2, -0.15) is 0 Å². The van der Waals surface area contributed by atoms with E-state index in [1.165, 1.54) is 109 Å². The Labute approximate surface area is 415 Å². The van der Waals surface area contributed by atoms with Crippen molar-refractivity contribution in [2.45, 2.75) is 265 Å². The smallest absolute Gasteiger partial charge is 0.186 e. The lowest BCUT2D eigenvalue weighted by molar-refractivity contribution is -0.333. The number of hydrogen-bond donors (Lipinski definition) is 7. The van der Waals surface area contributed by atoms with Crippen molar-refractivity contribution in [2.75, 3.05) is 39.6 Å². The van der Waals surface area contributed by atoms with E-state index in [1.54, 1.807) is 0 Å². The van der Waals surface area contributed by atoms with E-state index in [4.69, 9.17) is 28.4 Å². The third kappa shape index (κ3) is 27.0. The fourth-order valence-corrected chi connectivity index (χ4v) is 9.74. The van der Waals surface area contributed by atoms with Crippen LogP contribution in [0.5, 0.6) is 0 Å². The Morgan fingerprint density at radius 3 is 1.15 bits per heavy atom. The molecule has 1 unspecified atom stereocenters. The van der Waals surface area contributed by atoms with Crippen molar-refractivity contribution in [2.24, 2.45) is 47.3 Å². The van der Waals surface area contributed by atoms with E-state index < -0.39 is 80.7 Å². The van der Waals surface area contributed by atoms with Crippen molar-refractivity contribution in [3.63, 3.8) is 0 Å². The van der Waals surface area contributed by atoms with Crippen molar-refractivity contribution < 1.29 is 64.2 Å². The molecule has 2 fully saturated rings. The van der Waals surface area contributed by atoms with Gasteiger partial charge in [-0.05, 0) is 60.2 Å². The second-order valence-electron chi connectivity index (χ2n) is 23.0. The van der Waals surface area contributed by atoms with Gasteiger partial charge in [-0.15, -0.1) is 0 Å². The second kappa shape index (κ2) is 36.4. The average Bonchev–Trinajstić information content (AvgIpc) is 3.28. The first-order chi connectivity index (χ1) is 32.3. The molecule has 0 amide bonds. The monoisotopic (exact) mass is 977 g/mol. The summed E-state index contributed by atoms with van der Waals surface area (Å²) in [7, 11) is 0. The lowest BCUT2D eigenvalue weighted by atomic mass is 9.91. The van der Waals surface area contributed by atoms with Gasteiger partial charge in [-0.25, -0.2) is 0 Å². The molecular weight excluding hydrogens is 869 g/mol. The summed E-state index contributed by atoms with van der Waals surface area (Å²) in [6, 6.07) is 0. The number of aliphatic hydroxyl groups is 7. The molecule has 0 saturated carbocycles. The van der Waals surface area contributed by atoms with E-state index >= 15 is 0 Å². The Bertz CT molecular complexity index is 1190. The van der Waals surface area contributed by atoms with E-state index in [2.05, 4.69) is 69.2 Å². The van der Waals surface area contributed by atoms with Crippen LogP contribution in [0.1, 0.15) is 198 Å². The minimum absolute atomic E-state index is 0.00274. The standard InChI is InChI=1S/C55H108O13/c1-37(2)17-11-19-39(5)21-13-23-41(7)25-15-27-43(9)29-31-63-34-45(64-32-30-44(10)28-16-26-42(8)24-14-22-40(6)20-12-18-38(3)4)35-65-54-53(62)51(60)49(58)47(68-54)36-66-55-52(61)50(59)48(57)46(33-56)67-55/h37-62H,11-36H2,1-10H3/t39-,40+,41-,42+,43-,44+,45?,46+,47+,48+,49+,50-,51-,52+,53+,54+,55+/m0/s1. The van der Waals surface area contributed by atoms with Crippen LogP contribution in [0.25, 0.3) is 0 Å². The molecule has 7 N–H and O–H groups in total. The molecule has 2 aliphatic rings. The van der Waals surface area contributed by atoms with Crippen LogP contribution in [0.3, 0.4) is 0 Å². The summed E-state index contributed by atoms with van der Waals surface area (Å²) in [5.41, 5.74) is 0. The van der Waals surface area contributed by atoms with Gasteiger partial charge >= 0.3 is 0 Å². The SMILES string of the molecule is CC(C)CCC[C@@H](C)CCC[C@@H](C)CCC[C@@H](C)CCOC(COCC[C@@H](C)CCC[C@@H](C)CCC[C@@H](C)CCCC(C)C)CO[C@@H]1O[C@H](CO[C@@H]2O[C@H](CO)[C@@H](O)[C@H](O)[C@H]2O)[C@@H](O)[C@H](O)[C@H]1O. The van der Waals surface area contributed by atoms with Crippen molar-refractivity contribution in [1.82, 2.24) is 0 Å². The van der Waals surface area contributed by atoms with Crippen molar-refractivity contribution in [3.05, 3.63) is 0 Å². The maximum atomic E-state index is 10.9. The highest BCUT2D eigenvalue weighted by atomic mass is 16.7. The largest absolute Gasteiger partial charge is 0.394 e. The number of ether oxygens (including phenoxy) is 6. The molecule has 406 valence electrons. The average molecular weight is 977 g/mol. The molecule has 0 spiro atoms. The van der Waals surface area contributed by atoms with Gasteiger partial charge in [0.25, 0.3) is 0 Å². The quantitative estimate of drug-likeness (QED) is 0.0288. The van der Waals surface area contributed by atoms with Gasteiger partial charge in [-0.3, -0.25) is 0 Å². The van der Waals surface area contributed by atoms with Crippen LogP contribution in [0.4, 0.5) is 0 Å². The fraction of sp³-hybridized carbons (Fsp3) is 1.00. The molecule has 2 saturated heterocycles. The molecule has 17 atom stereocenters. The van der Waals surface area contributed by atoms with Gasteiger partial charge in [0.15, 0.2) is 12.6 Å². The molecule has 2 aliphatic heterocycles. The third-order valence-electron chi connectivity index (χ3n) is 14.9.